The van der Waals surface area contributed by atoms with E-state index in [1.165, 1.54) is 6.92 Å². The van der Waals surface area contributed by atoms with Crippen LogP contribution in [0.5, 0.6) is 0 Å². The Morgan fingerprint density at radius 2 is 1.82 bits per heavy atom. The highest BCUT2D eigenvalue weighted by atomic mass is 35.5. The fourth-order valence-electron chi connectivity index (χ4n) is 3.65. The second-order valence-electron chi connectivity index (χ2n) is 6.48. The van der Waals surface area contributed by atoms with Crippen LogP contribution < -0.4 is 4.90 Å². The number of piperazine rings is 1. The summed E-state index contributed by atoms with van der Waals surface area (Å²) in [6.45, 7) is 2.73. The molecule has 1 unspecified atom stereocenters. The molecule has 0 saturated carbocycles. The van der Waals surface area contributed by atoms with Crippen molar-refractivity contribution < 1.29 is 4.79 Å². The summed E-state index contributed by atoms with van der Waals surface area (Å²) >= 11 is 18.6. The van der Waals surface area contributed by atoms with E-state index in [1.807, 2.05) is 18.2 Å². The number of amides is 1. The number of anilines is 1. The van der Waals surface area contributed by atoms with Crippen molar-refractivity contribution >= 4 is 46.4 Å². The van der Waals surface area contributed by atoms with Gasteiger partial charge in [0.25, 0.3) is 0 Å². The van der Waals surface area contributed by atoms with Crippen LogP contribution in [0.25, 0.3) is 10.4 Å². The van der Waals surface area contributed by atoms with Gasteiger partial charge in [0.1, 0.15) is 0 Å². The number of hydrogen-bond donors (Lipinski definition) is 0. The molecule has 146 valence electrons. The standard InChI is InChI=1S/C19H18Cl3N5O/c1-12(28)26-8-9-27(17-7-6-15(21)10-16(17)22)19(18(26)11-24-25-23)13-2-4-14(20)5-3-13/h2-7,10,18-19H,8-9,11H2,1H3/t18?,19-/m0/s1. The average Bonchev–Trinajstić information content (AvgIpc) is 2.66. The molecule has 0 radical (unpaired) electrons. The molecule has 28 heavy (non-hydrogen) atoms. The first-order valence-electron chi connectivity index (χ1n) is 8.67. The Hall–Kier alpha value is -2.11. The summed E-state index contributed by atoms with van der Waals surface area (Å²) in [5.74, 6) is -0.0704. The molecule has 6 nitrogen and oxygen atoms in total. The van der Waals surface area contributed by atoms with Gasteiger partial charge in [0.05, 0.1) is 22.8 Å². The summed E-state index contributed by atoms with van der Waals surface area (Å²) in [5.41, 5.74) is 10.6. The normalized spacial score (nSPS) is 19.3. The fraction of sp³-hybridized carbons (Fsp3) is 0.316. The van der Waals surface area contributed by atoms with Crippen LogP contribution in [0, 0.1) is 0 Å². The molecule has 1 fully saturated rings. The number of benzene rings is 2. The first kappa shape index (κ1) is 20.6. The minimum Gasteiger partial charge on any atom is -0.359 e. The maximum absolute atomic E-state index is 12.3. The minimum atomic E-state index is -0.352. The van der Waals surface area contributed by atoms with E-state index in [-0.39, 0.29) is 24.5 Å². The van der Waals surface area contributed by atoms with Gasteiger partial charge in [-0.3, -0.25) is 4.79 Å². The van der Waals surface area contributed by atoms with E-state index in [0.717, 1.165) is 11.3 Å². The van der Waals surface area contributed by atoms with E-state index in [4.69, 9.17) is 40.3 Å². The van der Waals surface area contributed by atoms with Gasteiger partial charge in [0.15, 0.2) is 0 Å². The van der Waals surface area contributed by atoms with Crippen molar-refractivity contribution in [3.63, 3.8) is 0 Å². The average molecular weight is 439 g/mol. The molecule has 0 spiro atoms. The van der Waals surface area contributed by atoms with Crippen LogP contribution in [0.1, 0.15) is 18.5 Å². The van der Waals surface area contributed by atoms with Crippen LogP contribution in [0.3, 0.4) is 0 Å². The molecule has 9 heteroatoms. The molecule has 1 aliphatic rings. The Kier molecular flexibility index (Phi) is 6.57. The Bertz CT molecular complexity index is 914. The maximum Gasteiger partial charge on any atom is 0.219 e. The summed E-state index contributed by atoms with van der Waals surface area (Å²) in [7, 11) is 0. The van der Waals surface area contributed by atoms with Gasteiger partial charge in [0.2, 0.25) is 5.91 Å². The predicted octanol–water partition coefficient (Wildman–Crippen LogP) is 5.74. The number of hydrogen-bond acceptors (Lipinski definition) is 3. The molecule has 1 aliphatic heterocycles. The first-order valence-corrected chi connectivity index (χ1v) is 9.81. The number of azide groups is 1. The van der Waals surface area contributed by atoms with Crippen molar-refractivity contribution in [2.24, 2.45) is 5.11 Å². The minimum absolute atomic E-state index is 0.0704. The van der Waals surface area contributed by atoms with Gasteiger partial charge in [-0.05, 0) is 41.4 Å². The lowest BCUT2D eigenvalue weighted by atomic mass is 9.93. The van der Waals surface area contributed by atoms with E-state index < -0.39 is 0 Å². The molecule has 2 atom stereocenters. The van der Waals surface area contributed by atoms with Gasteiger partial charge in [-0.1, -0.05) is 52.0 Å². The molecule has 0 aliphatic carbocycles. The van der Waals surface area contributed by atoms with Crippen molar-refractivity contribution in [2.75, 3.05) is 24.5 Å². The lowest BCUT2D eigenvalue weighted by Crippen LogP contribution is -2.57. The second kappa shape index (κ2) is 8.93. The lowest BCUT2D eigenvalue weighted by molar-refractivity contribution is -0.132. The SMILES string of the molecule is CC(=O)N1CCN(c2ccc(Cl)cc2Cl)[C@@H](c2ccc(Cl)cc2)C1CN=[N+]=[N-]. The van der Waals surface area contributed by atoms with Gasteiger partial charge in [0, 0.05) is 41.5 Å². The monoisotopic (exact) mass is 437 g/mol. The highest BCUT2D eigenvalue weighted by Gasteiger charge is 2.39. The summed E-state index contributed by atoms with van der Waals surface area (Å²) in [4.78, 5) is 19.0. The third kappa shape index (κ3) is 4.31. The van der Waals surface area contributed by atoms with E-state index >= 15 is 0 Å². The third-order valence-corrected chi connectivity index (χ3v) is 5.64. The van der Waals surface area contributed by atoms with Crippen molar-refractivity contribution in [1.82, 2.24) is 4.90 Å². The lowest BCUT2D eigenvalue weighted by Gasteiger charge is -2.48. The van der Waals surface area contributed by atoms with Gasteiger partial charge in [-0.15, -0.1) is 0 Å². The largest absolute Gasteiger partial charge is 0.359 e. The van der Waals surface area contributed by atoms with E-state index in [0.29, 0.717) is 28.2 Å². The number of halogens is 3. The molecule has 0 aromatic heterocycles. The molecule has 2 aromatic rings. The molecule has 1 saturated heterocycles. The van der Waals surface area contributed by atoms with Crippen LogP contribution in [-0.4, -0.2) is 36.5 Å². The van der Waals surface area contributed by atoms with Crippen LogP contribution in [0.2, 0.25) is 15.1 Å². The van der Waals surface area contributed by atoms with Crippen LogP contribution in [0.4, 0.5) is 5.69 Å². The summed E-state index contributed by atoms with van der Waals surface area (Å²) in [5, 5.41) is 5.45. The highest BCUT2D eigenvalue weighted by molar-refractivity contribution is 6.36. The maximum atomic E-state index is 12.3. The molecule has 1 amide bonds. The zero-order chi connectivity index (χ0) is 20.3. The molecule has 0 N–H and O–H groups in total. The Morgan fingerprint density at radius 3 is 2.43 bits per heavy atom. The van der Waals surface area contributed by atoms with Crippen molar-refractivity contribution in [3.05, 3.63) is 73.5 Å². The number of rotatable bonds is 4. The van der Waals surface area contributed by atoms with Gasteiger partial charge in [-0.25, -0.2) is 0 Å². The van der Waals surface area contributed by atoms with Crippen LogP contribution in [0.15, 0.2) is 47.6 Å². The summed E-state index contributed by atoms with van der Waals surface area (Å²) in [6, 6.07) is 12.1. The van der Waals surface area contributed by atoms with Gasteiger partial charge in [-0.2, -0.15) is 0 Å². The van der Waals surface area contributed by atoms with Crippen LogP contribution in [-0.2, 0) is 4.79 Å². The zero-order valence-electron chi connectivity index (χ0n) is 15.1. The molecule has 2 aromatic carbocycles. The molecule has 3 rings (SSSR count). The second-order valence-corrected chi connectivity index (χ2v) is 7.76. The third-order valence-electron chi connectivity index (χ3n) is 4.85. The van der Waals surface area contributed by atoms with Gasteiger partial charge >= 0.3 is 0 Å². The fourth-order valence-corrected chi connectivity index (χ4v) is 4.30. The molecule has 0 bridgehead atoms. The van der Waals surface area contributed by atoms with E-state index in [9.17, 15) is 4.79 Å². The number of carbonyl (C=O) groups is 1. The Morgan fingerprint density at radius 1 is 1.14 bits per heavy atom. The molecule has 1 heterocycles. The van der Waals surface area contributed by atoms with E-state index in [1.54, 1.807) is 29.2 Å². The summed E-state index contributed by atoms with van der Waals surface area (Å²) in [6.07, 6.45) is 0. The molecular formula is C19H18Cl3N5O. The van der Waals surface area contributed by atoms with Crippen molar-refractivity contribution in [2.45, 2.75) is 19.0 Å². The number of nitrogens with zero attached hydrogens (tertiary/aromatic N) is 5. The first-order chi connectivity index (χ1) is 13.4. The van der Waals surface area contributed by atoms with Crippen LogP contribution >= 0.6 is 34.8 Å². The van der Waals surface area contributed by atoms with Gasteiger partial charge < -0.3 is 9.80 Å². The Balaban J connectivity index is 2.12. The van der Waals surface area contributed by atoms with Crippen molar-refractivity contribution in [3.8, 4) is 0 Å². The highest BCUT2D eigenvalue weighted by Crippen LogP contribution is 2.39. The number of carbonyl (C=O) groups excluding carboxylic acids is 1. The summed E-state index contributed by atoms with van der Waals surface area (Å²) < 4.78 is 0. The van der Waals surface area contributed by atoms with Crippen molar-refractivity contribution in [1.29, 1.82) is 0 Å². The zero-order valence-corrected chi connectivity index (χ0v) is 17.4. The molecular weight excluding hydrogens is 421 g/mol. The topological polar surface area (TPSA) is 72.3 Å². The Labute approximate surface area is 178 Å². The van der Waals surface area contributed by atoms with E-state index in [2.05, 4.69) is 14.9 Å². The smallest absolute Gasteiger partial charge is 0.219 e. The predicted molar refractivity (Wildman–Crippen MR) is 113 cm³/mol. The quantitative estimate of drug-likeness (QED) is 0.347.